The Bertz CT molecular complexity index is 593. The number of sulfonamides is 1. The number of hydrogen-bond donors (Lipinski definition) is 3. The molecule has 92 valence electrons. The molecule has 0 saturated carbocycles. The first kappa shape index (κ1) is 13.3. The van der Waals surface area contributed by atoms with E-state index in [0.29, 0.717) is 0 Å². The minimum Gasteiger partial charge on any atom is -0.477 e. The number of aromatic nitrogens is 1. The van der Waals surface area contributed by atoms with Crippen LogP contribution in [0.5, 0.6) is 0 Å². The van der Waals surface area contributed by atoms with Crippen LogP contribution in [0, 0.1) is 26.2 Å². The van der Waals surface area contributed by atoms with Crippen LogP contribution in [-0.2, 0) is 10.0 Å². The number of nitrogens with one attached hydrogen (secondary N) is 2. The fraction of sp³-hybridized carbons (Fsp3) is 0.300. The van der Waals surface area contributed by atoms with Crippen LogP contribution in [-0.4, -0.2) is 31.0 Å². The lowest BCUT2D eigenvalue weighted by Gasteiger charge is -2.04. The van der Waals surface area contributed by atoms with Gasteiger partial charge in [0.2, 0.25) is 10.0 Å². The van der Waals surface area contributed by atoms with Crippen molar-refractivity contribution in [1.82, 2.24) is 9.71 Å². The van der Waals surface area contributed by atoms with Gasteiger partial charge in [0.25, 0.3) is 0 Å². The van der Waals surface area contributed by atoms with Crippen molar-refractivity contribution >= 4 is 16.0 Å². The number of rotatable bonds is 4. The number of carbonyl (C=O) groups is 1. The Hall–Kier alpha value is -1.78. The fourth-order valence-electron chi connectivity index (χ4n) is 1.56. The van der Waals surface area contributed by atoms with Gasteiger partial charge in [-0.2, -0.15) is 4.72 Å². The lowest BCUT2D eigenvalue weighted by Crippen LogP contribution is -2.24. The Kier molecular flexibility index (Phi) is 3.60. The van der Waals surface area contributed by atoms with Crippen LogP contribution >= 0.6 is 0 Å². The topological polar surface area (TPSA) is 99.3 Å². The monoisotopic (exact) mass is 256 g/mol. The molecule has 0 fully saturated rings. The van der Waals surface area contributed by atoms with Gasteiger partial charge in [-0.3, -0.25) is 0 Å². The maximum atomic E-state index is 11.8. The van der Waals surface area contributed by atoms with Crippen LogP contribution in [0.25, 0.3) is 0 Å². The van der Waals surface area contributed by atoms with E-state index in [-0.39, 0.29) is 28.4 Å². The van der Waals surface area contributed by atoms with Gasteiger partial charge < -0.3 is 10.1 Å². The molecule has 1 heterocycles. The Balaban J connectivity index is 3.34. The van der Waals surface area contributed by atoms with E-state index >= 15 is 0 Å². The Morgan fingerprint density at radius 3 is 2.53 bits per heavy atom. The average Bonchev–Trinajstić information content (AvgIpc) is 2.52. The largest absolute Gasteiger partial charge is 0.477 e. The number of H-pyrrole nitrogens is 1. The quantitative estimate of drug-likeness (QED) is 0.672. The number of carboxylic acid groups (broad SMARTS) is 1. The molecule has 0 saturated heterocycles. The van der Waals surface area contributed by atoms with Crippen molar-refractivity contribution in [3.8, 4) is 12.3 Å². The molecular weight excluding hydrogens is 244 g/mol. The van der Waals surface area contributed by atoms with E-state index in [1.165, 1.54) is 13.8 Å². The number of carboxylic acids is 1. The Labute approximate surface area is 99.1 Å². The molecular formula is C10H12N2O4S. The summed E-state index contributed by atoms with van der Waals surface area (Å²) in [6.45, 7) is 2.77. The average molecular weight is 256 g/mol. The van der Waals surface area contributed by atoms with Crippen LogP contribution in [0.3, 0.4) is 0 Å². The molecule has 0 atom stereocenters. The zero-order valence-electron chi connectivity index (χ0n) is 9.36. The molecule has 6 nitrogen and oxygen atoms in total. The summed E-state index contributed by atoms with van der Waals surface area (Å²) in [5.74, 6) is 0.941. The summed E-state index contributed by atoms with van der Waals surface area (Å²) in [5, 5.41) is 8.87. The van der Waals surface area contributed by atoms with Gasteiger partial charge in [-0.1, -0.05) is 5.92 Å². The molecule has 1 rings (SSSR count). The highest BCUT2D eigenvalue weighted by Gasteiger charge is 2.25. The van der Waals surface area contributed by atoms with Gasteiger partial charge in [0.05, 0.1) is 6.54 Å². The zero-order valence-corrected chi connectivity index (χ0v) is 10.2. The smallest absolute Gasteiger partial charge is 0.352 e. The predicted octanol–water partition coefficient (Wildman–Crippen LogP) is 0.241. The standard InChI is InChI=1S/C10H12N2O4S/c1-4-5-11-17(15,16)9-6(2)8(10(13)14)12-7(9)3/h1,11-12H,5H2,2-3H3,(H,13,14). The van der Waals surface area contributed by atoms with E-state index in [4.69, 9.17) is 11.5 Å². The van der Waals surface area contributed by atoms with Crippen LogP contribution in [0.4, 0.5) is 0 Å². The molecule has 0 aliphatic heterocycles. The van der Waals surface area contributed by atoms with Crippen molar-refractivity contribution in [2.75, 3.05) is 6.54 Å². The summed E-state index contributed by atoms with van der Waals surface area (Å²) in [6.07, 6.45) is 4.96. The van der Waals surface area contributed by atoms with Gasteiger partial charge in [-0.25, -0.2) is 13.2 Å². The highest BCUT2D eigenvalue weighted by Crippen LogP contribution is 2.22. The number of aromatic amines is 1. The van der Waals surface area contributed by atoms with Crippen LogP contribution in [0.15, 0.2) is 4.90 Å². The predicted molar refractivity (Wildman–Crippen MR) is 61.2 cm³/mol. The zero-order chi connectivity index (χ0) is 13.2. The van der Waals surface area contributed by atoms with Gasteiger partial charge in [-0.05, 0) is 13.8 Å². The summed E-state index contributed by atoms with van der Waals surface area (Å²) >= 11 is 0. The van der Waals surface area contributed by atoms with E-state index in [2.05, 4.69) is 15.6 Å². The summed E-state index contributed by atoms with van der Waals surface area (Å²) < 4.78 is 25.9. The number of terminal acetylenes is 1. The first-order valence-corrected chi connectivity index (χ1v) is 6.15. The van der Waals surface area contributed by atoms with Crippen molar-refractivity contribution in [3.63, 3.8) is 0 Å². The normalized spacial score (nSPS) is 11.1. The molecule has 0 radical (unpaired) electrons. The third-order valence-corrected chi connectivity index (χ3v) is 3.89. The number of aryl methyl sites for hydroxylation is 1. The molecule has 1 aromatic heterocycles. The molecule has 0 aromatic carbocycles. The maximum Gasteiger partial charge on any atom is 0.352 e. The van der Waals surface area contributed by atoms with Crippen molar-refractivity contribution in [2.24, 2.45) is 0 Å². The second kappa shape index (κ2) is 4.61. The minimum absolute atomic E-state index is 0.0647. The van der Waals surface area contributed by atoms with Crippen molar-refractivity contribution in [2.45, 2.75) is 18.7 Å². The van der Waals surface area contributed by atoms with E-state index in [9.17, 15) is 13.2 Å². The minimum atomic E-state index is -3.78. The molecule has 1 aromatic rings. The van der Waals surface area contributed by atoms with Crippen LogP contribution in [0.2, 0.25) is 0 Å². The lowest BCUT2D eigenvalue weighted by molar-refractivity contribution is 0.0690. The summed E-state index contributed by atoms with van der Waals surface area (Å²) in [7, 11) is -3.78. The molecule has 0 aliphatic rings. The van der Waals surface area contributed by atoms with Crippen molar-refractivity contribution < 1.29 is 18.3 Å². The molecule has 0 unspecified atom stereocenters. The summed E-state index contributed by atoms with van der Waals surface area (Å²) in [5.41, 5.74) is 0.299. The molecule has 7 heteroatoms. The van der Waals surface area contributed by atoms with E-state index in [1.807, 2.05) is 0 Å². The van der Waals surface area contributed by atoms with Crippen molar-refractivity contribution in [1.29, 1.82) is 0 Å². The van der Waals surface area contributed by atoms with Gasteiger partial charge >= 0.3 is 5.97 Å². The molecule has 0 aliphatic carbocycles. The third kappa shape index (κ3) is 2.49. The first-order chi connectivity index (χ1) is 7.81. The van der Waals surface area contributed by atoms with Gasteiger partial charge in [-0.15, -0.1) is 6.42 Å². The summed E-state index contributed by atoms with van der Waals surface area (Å²) in [6, 6.07) is 0. The third-order valence-electron chi connectivity index (χ3n) is 2.22. The first-order valence-electron chi connectivity index (χ1n) is 4.67. The van der Waals surface area contributed by atoms with Gasteiger partial charge in [0.15, 0.2) is 0 Å². The highest BCUT2D eigenvalue weighted by atomic mass is 32.2. The number of hydrogen-bond acceptors (Lipinski definition) is 3. The molecule has 0 spiro atoms. The second-order valence-electron chi connectivity index (χ2n) is 3.41. The lowest BCUT2D eigenvalue weighted by atomic mass is 10.2. The Morgan fingerprint density at radius 1 is 1.53 bits per heavy atom. The Morgan fingerprint density at radius 2 is 2.12 bits per heavy atom. The van der Waals surface area contributed by atoms with Gasteiger partial charge in [0, 0.05) is 11.3 Å². The number of aromatic carboxylic acids is 1. The second-order valence-corrected chi connectivity index (χ2v) is 5.12. The van der Waals surface area contributed by atoms with E-state index in [1.54, 1.807) is 0 Å². The van der Waals surface area contributed by atoms with E-state index in [0.717, 1.165) is 0 Å². The summed E-state index contributed by atoms with van der Waals surface area (Å²) in [4.78, 5) is 13.3. The molecule has 3 N–H and O–H groups in total. The molecule has 0 bridgehead atoms. The van der Waals surface area contributed by atoms with Gasteiger partial charge in [0.1, 0.15) is 10.6 Å². The highest BCUT2D eigenvalue weighted by molar-refractivity contribution is 7.89. The van der Waals surface area contributed by atoms with E-state index < -0.39 is 16.0 Å². The van der Waals surface area contributed by atoms with Crippen LogP contribution in [0.1, 0.15) is 21.7 Å². The molecule has 0 amide bonds. The SMILES string of the molecule is C#CCNS(=O)(=O)c1c(C)[nH]c(C(=O)O)c1C. The fourth-order valence-corrected chi connectivity index (χ4v) is 2.94. The van der Waals surface area contributed by atoms with Crippen LogP contribution < -0.4 is 4.72 Å². The molecule has 17 heavy (non-hydrogen) atoms. The van der Waals surface area contributed by atoms with Crippen molar-refractivity contribution in [3.05, 3.63) is 17.0 Å². The maximum absolute atomic E-state index is 11.8.